The molecule has 2 heteroatoms. The maximum atomic E-state index is 4.69. The Hall–Kier alpha value is -0.920. The lowest BCUT2D eigenvalue weighted by atomic mass is 10.1. The van der Waals surface area contributed by atoms with E-state index in [1.807, 2.05) is 13.1 Å². The molecule has 0 atom stereocenters. The van der Waals surface area contributed by atoms with Crippen molar-refractivity contribution in [2.45, 2.75) is 47.5 Å². The normalized spacial score (nSPS) is 11.4. The maximum Gasteiger partial charge on any atom is 0.0621 e. The number of hydrogen-bond acceptors (Lipinski definition) is 2. The molecular weight excluding hydrogens is 184 g/mol. The van der Waals surface area contributed by atoms with Gasteiger partial charge in [0.1, 0.15) is 0 Å². The Balaban J connectivity index is 2.85. The molecular formula is C13H22N2. The standard InChI is InChI=1S/C13H22N2/c1-9(2)6-12-8-14-11(5)13(15-12)7-10(3)4/h8-10H,6-7H2,1-5H3. The minimum absolute atomic E-state index is 0.646. The summed E-state index contributed by atoms with van der Waals surface area (Å²) in [6.07, 6.45) is 3.97. The first-order valence-electron chi connectivity index (χ1n) is 5.80. The van der Waals surface area contributed by atoms with E-state index in [9.17, 15) is 0 Å². The van der Waals surface area contributed by atoms with Gasteiger partial charge in [-0.2, -0.15) is 0 Å². The lowest BCUT2D eigenvalue weighted by Gasteiger charge is -2.10. The van der Waals surface area contributed by atoms with E-state index < -0.39 is 0 Å². The summed E-state index contributed by atoms with van der Waals surface area (Å²) < 4.78 is 0. The third-order valence-electron chi connectivity index (χ3n) is 2.32. The van der Waals surface area contributed by atoms with Gasteiger partial charge in [0.25, 0.3) is 0 Å². The van der Waals surface area contributed by atoms with E-state index in [-0.39, 0.29) is 0 Å². The fraction of sp³-hybridized carbons (Fsp3) is 0.692. The molecule has 0 N–H and O–H groups in total. The van der Waals surface area contributed by atoms with Gasteiger partial charge < -0.3 is 0 Å². The summed E-state index contributed by atoms with van der Waals surface area (Å²) in [5.74, 6) is 1.29. The average Bonchev–Trinajstić information content (AvgIpc) is 2.09. The second kappa shape index (κ2) is 5.24. The molecule has 0 saturated carbocycles. The molecule has 0 amide bonds. The van der Waals surface area contributed by atoms with Crippen molar-refractivity contribution in [3.63, 3.8) is 0 Å². The maximum absolute atomic E-state index is 4.69. The summed E-state index contributed by atoms with van der Waals surface area (Å²) in [7, 11) is 0. The van der Waals surface area contributed by atoms with Crippen molar-refractivity contribution < 1.29 is 0 Å². The lowest BCUT2D eigenvalue weighted by molar-refractivity contribution is 0.605. The zero-order chi connectivity index (χ0) is 11.4. The highest BCUT2D eigenvalue weighted by molar-refractivity contribution is 5.13. The molecule has 1 aromatic heterocycles. The number of hydrogen-bond donors (Lipinski definition) is 0. The fourth-order valence-electron chi connectivity index (χ4n) is 1.63. The molecule has 0 unspecified atom stereocenters. The monoisotopic (exact) mass is 206 g/mol. The number of rotatable bonds is 4. The molecule has 1 aromatic rings. The average molecular weight is 206 g/mol. The Morgan fingerprint density at radius 2 is 1.67 bits per heavy atom. The molecule has 1 rings (SSSR count). The molecule has 2 nitrogen and oxygen atoms in total. The Morgan fingerprint density at radius 1 is 1.07 bits per heavy atom. The molecule has 0 spiro atoms. The van der Waals surface area contributed by atoms with Gasteiger partial charge in [0.05, 0.1) is 17.1 Å². The summed E-state index contributed by atoms with van der Waals surface area (Å²) in [5.41, 5.74) is 3.38. The SMILES string of the molecule is Cc1ncc(CC(C)C)nc1CC(C)C. The van der Waals surface area contributed by atoms with E-state index in [4.69, 9.17) is 4.98 Å². The van der Waals surface area contributed by atoms with Gasteiger partial charge in [-0.25, -0.2) is 0 Å². The third-order valence-corrected chi connectivity index (χ3v) is 2.32. The Labute approximate surface area is 93.2 Å². The fourth-order valence-corrected chi connectivity index (χ4v) is 1.63. The summed E-state index contributed by atoms with van der Waals surface area (Å²) in [6, 6.07) is 0. The molecule has 0 bridgehead atoms. The van der Waals surface area contributed by atoms with Crippen LogP contribution in [0.5, 0.6) is 0 Å². The van der Waals surface area contributed by atoms with E-state index >= 15 is 0 Å². The van der Waals surface area contributed by atoms with Gasteiger partial charge in [-0.3, -0.25) is 9.97 Å². The predicted octanol–water partition coefficient (Wildman–Crippen LogP) is 3.18. The molecule has 0 fully saturated rings. The van der Waals surface area contributed by atoms with Gasteiger partial charge in [0.15, 0.2) is 0 Å². The summed E-state index contributed by atoms with van der Waals surface area (Å²) in [5, 5.41) is 0. The Morgan fingerprint density at radius 3 is 2.20 bits per heavy atom. The van der Waals surface area contributed by atoms with Crippen molar-refractivity contribution in [3.05, 3.63) is 23.3 Å². The van der Waals surface area contributed by atoms with Crippen molar-refractivity contribution in [1.82, 2.24) is 9.97 Å². The van der Waals surface area contributed by atoms with Crippen LogP contribution in [0, 0.1) is 18.8 Å². The highest BCUT2D eigenvalue weighted by atomic mass is 14.8. The van der Waals surface area contributed by atoms with Gasteiger partial charge >= 0.3 is 0 Å². The Bertz CT molecular complexity index is 316. The molecule has 0 aliphatic carbocycles. The minimum atomic E-state index is 0.646. The quantitative estimate of drug-likeness (QED) is 0.756. The van der Waals surface area contributed by atoms with Crippen LogP contribution in [-0.2, 0) is 12.8 Å². The highest BCUT2D eigenvalue weighted by Gasteiger charge is 2.07. The first kappa shape index (κ1) is 12.2. The van der Waals surface area contributed by atoms with Crippen LogP contribution in [0.3, 0.4) is 0 Å². The molecule has 1 heterocycles. The van der Waals surface area contributed by atoms with Gasteiger partial charge in [-0.05, 0) is 31.6 Å². The largest absolute Gasteiger partial charge is 0.258 e. The summed E-state index contributed by atoms with van der Waals surface area (Å²) >= 11 is 0. The minimum Gasteiger partial charge on any atom is -0.258 e. The van der Waals surface area contributed by atoms with E-state index in [0.29, 0.717) is 11.8 Å². The zero-order valence-corrected chi connectivity index (χ0v) is 10.5. The van der Waals surface area contributed by atoms with E-state index in [2.05, 4.69) is 32.7 Å². The molecule has 0 aromatic carbocycles. The van der Waals surface area contributed by atoms with Crippen LogP contribution in [0.4, 0.5) is 0 Å². The van der Waals surface area contributed by atoms with Gasteiger partial charge in [-0.15, -0.1) is 0 Å². The summed E-state index contributed by atoms with van der Waals surface area (Å²) in [6.45, 7) is 10.9. The lowest BCUT2D eigenvalue weighted by Crippen LogP contribution is -2.06. The number of nitrogens with zero attached hydrogens (tertiary/aromatic N) is 2. The van der Waals surface area contributed by atoms with Crippen LogP contribution in [0.15, 0.2) is 6.20 Å². The molecule has 84 valence electrons. The topological polar surface area (TPSA) is 25.8 Å². The second-order valence-electron chi connectivity index (χ2n) is 5.09. The van der Waals surface area contributed by atoms with E-state index in [1.165, 1.54) is 5.69 Å². The zero-order valence-electron chi connectivity index (χ0n) is 10.5. The molecule has 0 aliphatic rings. The first-order valence-corrected chi connectivity index (χ1v) is 5.80. The molecule has 15 heavy (non-hydrogen) atoms. The van der Waals surface area contributed by atoms with Crippen LogP contribution >= 0.6 is 0 Å². The van der Waals surface area contributed by atoms with Crippen molar-refractivity contribution in [3.8, 4) is 0 Å². The highest BCUT2D eigenvalue weighted by Crippen LogP contribution is 2.11. The van der Waals surface area contributed by atoms with Crippen molar-refractivity contribution in [1.29, 1.82) is 0 Å². The van der Waals surface area contributed by atoms with Gasteiger partial charge in [0, 0.05) is 6.20 Å². The number of aryl methyl sites for hydroxylation is 1. The Kier molecular flexibility index (Phi) is 4.25. The van der Waals surface area contributed by atoms with E-state index in [1.54, 1.807) is 0 Å². The second-order valence-corrected chi connectivity index (χ2v) is 5.09. The number of aromatic nitrogens is 2. The van der Waals surface area contributed by atoms with E-state index in [0.717, 1.165) is 24.2 Å². The third kappa shape index (κ3) is 3.98. The van der Waals surface area contributed by atoms with Crippen molar-refractivity contribution in [2.75, 3.05) is 0 Å². The van der Waals surface area contributed by atoms with Crippen LogP contribution in [0.1, 0.15) is 44.8 Å². The van der Waals surface area contributed by atoms with Crippen LogP contribution in [-0.4, -0.2) is 9.97 Å². The first-order chi connectivity index (χ1) is 6.99. The molecule has 0 radical (unpaired) electrons. The van der Waals surface area contributed by atoms with Crippen LogP contribution in [0.2, 0.25) is 0 Å². The molecule has 0 saturated heterocycles. The summed E-state index contributed by atoms with van der Waals surface area (Å²) in [4.78, 5) is 9.11. The van der Waals surface area contributed by atoms with Crippen LogP contribution < -0.4 is 0 Å². The van der Waals surface area contributed by atoms with Crippen molar-refractivity contribution >= 4 is 0 Å². The van der Waals surface area contributed by atoms with Crippen LogP contribution in [0.25, 0.3) is 0 Å². The molecule has 0 aliphatic heterocycles. The van der Waals surface area contributed by atoms with Gasteiger partial charge in [-0.1, -0.05) is 27.7 Å². The van der Waals surface area contributed by atoms with Gasteiger partial charge in [0.2, 0.25) is 0 Å². The smallest absolute Gasteiger partial charge is 0.0621 e. The van der Waals surface area contributed by atoms with Crippen molar-refractivity contribution in [2.24, 2.45) is 11.8 Å². The predicted molar refractivity (Wildman–Crippen MR) is 63.9 cm³/mol.